The molecule has 0 radical (unpaired) electrons. The van der Waals surface area contributed by atoms with Crippen LogP contribution in [0.3, 0.4) is 0 Å². The molecule has 0 spiro atoms. The molecule has 1 aliphatic rings. The van der Waals surface area contributed by atoms with E-state index in [2.05, 4.69) is 0 Å². The van der Waals surface area contributed by atoms with Gasteiger partial charge in [-0.3, -0.25) is 4.90 Å². The van der Waals surface area contributed by atoms with Gasteiger partial charge in [-0.1, -0.05) is 12.8 Å². The van der Waals surface area contributed by atoms with Gasteiger partial charge in [0.2, 0.25) is 0 Å². The van der Waals surface area contributed by atoms with Crippen molar-refractivity contribution in [1.29, 1.82) is 0 Å². The first-order valence-electron chi connectivity index (χ1n) is 7.07. The number of unbranched alkanes of at least 4 members (excludes halogenated alkanes) is 2. The average Bonchev–Trinajstić information content (AvgIpc) is 3.03. The van der Waals surface area contributed by atoms with Crippen molar-refractivity contribution in [2.24, 2.45) is 11.7 Å². The fourth-order valence-electron chi connectivity index (χ4n) is 2.73. The Balaban J connectivity index is 1.77. The molecule has 2 unspecified atom stereocenters. The van der Waals surface area contributed by atoms with Crippen LogP contribution in [-0.4, -0.2) is 29.6 Å². The number of halogens is 1. The number of hydrogen-bond acceptors (Lipinski definition) is 4. The highest BCUT2D eigenvalue weighted by molar-refractivity contribution is 5.05. The van der Waals surface area contributed by atoms with Gasteiger partial charge in [-0.2, -0.15) is 0 Å². The van der Waals surface area contributed by atoms with Crippen LogP contribution in [0.15, 0.2) is 16.7 Å². The molecule has 4 nitrogen and oxygen atoms in total. The van der Waals surface area contributed by atoms with Gasteiger partial charge in [-0.25, -0.2) is 4.39 Å². The molecule has 1 aromatic rings. The van der Waals surface area contributed by atoms with Crippen LogP contribution in [-0.2, 0) is 0 Å². The SMILES string of the molecule is NCCCCCC1CCN(C(O)c2occc2F)C1. The van der Waals surface area contributed by atoms with Gasteiger partial charge >= 0.3 is 0 Å². The summed E-state index contributed by atoms with van der Waals surface area (Å²) in [5, 5.41) is 10.1. The molecule has 1 aromatic heterocycles. The summed E-state index contributed by atoms with van der Waals surface area (Å²) in [6.07, 6.45) is 5.96. The van der Waals surface area contributed by atoms with Gasteiger partial charge in [0.25, 0.3) is 0 Å². The standard InChI is InChI=1S/C14H23FN2O2/c15-12-6-9-19-13(12)14(18)17-8-5-11(10-17)4-2-1-3-7-16/h6,9,11,14,18H,1-5,7-8,10,16H2. The van der Waals surface area contributed by atoms with Crippen molar-refractivity contribution in [3.8, 4) is 0 Å². The minimum Gasteiger partial charge on any atom is -0.462 e. The summed E-state index contributed by atoms with van der Waals surface area (Å²) in [5.41, 5.74) is 5.47. The highest BCUT2D eigenvalue weighted by Gasteiger charge is 2.30. The quantitative estimate of drug-likeness (QED) is 0.746. The van der Waals surface area contributed by atoms with E-state index in [-0.39, 0.29) is 5.76 Å². The van der Waals surface area contributed by atoms with Crippen LogP contribution < -0.4 is 5.73 Å². The molecular formula is C14H23FN2O2. The molecule has 2 heterocycles. The van der Waals surface area contributed by atoms with Gasteiger partial charge in [-0.15, -0.1) is 0 Å². The molecule has 0 aliphatic carbocycles. The maximum absolute atomic E-state index is 13.3. The molecule has 1 fully saturated rings. The van der Waals surface area contributed by atoms with Crippen molar-refractivity contribution in [3.05, 3.63) is 23.9 Å². The largest absolute Gasteiger partial charge is 0.462 e. The van der Waals surface area contributed by atoms with Crippen molar-refractivity contribution in [1.82, 2.24) is 4.90 Å². The normalized spacial score (nSPS) is 21.9. The zero-order valence-corrected chi connectivity index (χ0v) is 11.2. The Labute approximate surface area is 113 Å². The van der Waals surface area contributed by atoms with Crippen molar-refractivity contribution in [2.75, 3.05) is 19.6 Å². The summed E-state index contributed by atoms with van der Waals surface area (Å²) in [4.78, 5) is 1.88. The molecule has 0 saturated carbocycles. The minimum atomic E-state index is -0.955. The predicted molar refractivity (Wildman–Crippen MR) is 70.8 cm³/mol. The van der Waals surface area contributed by atoms with Crippen LogP contribution >= 0.6 is 0 Å². The summed E-state index contributed by atoms with van der Waals surface area (Å²) in [5.74, 6) is 0.146. The number of nitrogens with zero attached hydrogens (tertiary/aromatic N) is 1. The highest BCUT2D eigenvalue weighted by atomic mass is 19.1. The number of hydrogen-bond donors (Lipinski definition) is 2. The first kappa shape index (κ1) is 14.5. The fraction of sp³-hybridized carbons (Fsp3) is 0.714. The van der Waals surface area contributed by atoms with E-state index in [0.29, 0.717) is 5.92 Å². The number of nitrogens with two attached hydrogens (primary N) is 1. The van der Waals surface area contributed by atoms with Gasteiger partial charge in [0.1, 0.15) is 0 Å². The summed E-state index contributed by atoms with van der Waals surface area (Å²) < 4.78 is 18.4. The van der Waals surface area contributed by atoms with E-state index in [9.17, 15) is 9.50 Å². The summed E-state index contributed by atoms with van der Waals surface area (Å²) in [6.45, 7) is 2.36. The molecule has 0 bridgehead atoms. The van der Waals surface area contributed by atoms with Gasteiger partial charge in [-0.05, 0) is 31.7 Å². The van der Waals surface area contributed by atoms with Crippen molar-refractivity contribution < 1.29 is 13.9 Å². The summed E-state index contributed by atoms with van der Waals surface area (Å²) >= 11 is 0. The maximum Gasteiger partial charge on any atom is 0.182 e. The lowest BCUT2D eigenvalue weighted by Crippen LogP contribution is -2.26. The second-order valence-electron chi connectivity index (χ2n) is 5.29. The number of aliphatic hydroxyl groups is 1. The van der Waals surface area contributed by atoms with Crippen LogP contribution in [0.2, 0.25) is 0 Å². The zero-order valence-electron chi connectivity index (χ0n) is 11.2. The van der Waals surface area contributed by atoms with E-state index in [1.54, 1.807) is 0 Å². The lowest BCUT2D eigenvalue weighted by molar-refractivity contribution is -0.00409. The van der Waals surface area contributed by atoms with Crippen LogP contribution in [0.5, 0.6) is 0 Å². The molecule has 2 atom stereocenters. The minimum absolute atomic E-state index is 0.0313. The Bertz CT molecular complexity index is 383. The number of aliphatic hydroxyl groups excluding tert-OH is 1. The van der Waals surface area contributed by atoms with Crippen LogP contribution in [0.25, 0.3) is 0 Å². The molecule has 1 saturated heterocycles. The maximum atomic E-state index is 13.3. The highest BCUT2D eigenvalue weighted by Crippen LogP contribution is 2.29. The first-order chi connectivity index (χ1) is 9.22. The Kier molecular flexibility index (Phi) is 5.36. The van der Waals surface area contributed by atoms with E-state index >= 15 is 0 Å². The summed E-state index contributed by atoms with van der Waals surface area (Å²) in [7, 11) is 0. The molecule has 108 valence electrons. The third-order valence-corrected chi connectivity index (χ3v) is 3.86. The molecule has 1 aliphatic heterocycles. The lowest BCUT2D eigenvalue weighted by Gasteiger charge is -2.21. The van der Waals surface area contributed by atoms with E-state index in [1.165, 1.54) is 25.2 Å². The van der Waals surface area contributed by atoms with Gasteiger partial charge < -0.3 is 15.3 Å². The van der Waals surface area contributed by atoms with E-state index < -0.39 is 12.0 Å². The number of likely N-dealkylation sites (tertiary alicyclic amines) is 1. The second-order valence-corrected chi connectivity index (χ2v) is 5.29. The second kappa shape index (κ2) is 7.03. The third-order valence-electron chi connectivity index (χ3n) is 3.86. The lowest BCUT2D eigenvalue weighted by atomic mass is 10.0. The Morgan fingerprint density at radius 1 is 1.47 bits per heavy atom. The molecule has 19 heavy (non-hydrogen) atoms. The third kappa shape index (κ3) is 3.78. The Morgan fingerprint density at radius 3 is 3.00 bits per heavy atom. The van der Waals surface area contributed by atoms with E-state index in [1.807, 2.05) is 4.90 Å². The topological polar surface area (TPSA) is 62.6 Å². The molecule has 5 heteroatoms. The van der Waals surface area contributed by atoms with Crippen LogP contribution in [0.1, 0.15) is 44.1 Å². The van der Waals surface area contributed by atoms with Gasteiger partial charge in [0.05, 0.1) is 6.26 Å². The fourth-order valence-corrected chi connectivity index (χ4v) is 2.73. The molecule has 0 aromatic carbocycles. The molecule has 3 N–H and O–H groups in total. The molecular weight excluding hydrogens is 247 g/mol. The monoisotopic (exact) mass is 270 g/mol. The molecule has 2 rings (SSSR count). The first-order valence-corrected chi connectivity index (χ1v) is 7.07. The van der Waals surface area contributed by atoms with Gasteiger partial charge in [0, 0.05) is 19.2 Å². The van der Waals surface area contributed by atoms with Crippen LogP contribution in [0, 0.1) is 11.7 Å². The zero-order chi connectivity index (χ0) is 13.7. The molecule has 0 amide bonds. The van der Waals surface area contributed by atoms with Crippen LogP contribution in [0.4, 0.5) is 4.39 Å². The predicted octanol–water partition coefficient (Wildman–Crippen LogP) is 2.25. The summed E-state index contributed by atoms with van der Waals surface area (Å²) in [6, 6.07) is 1.24. The average molecular weight is 270 g/mol. The van der Waals surface area contributed by atoms with E-state index in [0.717, 1.165) is 38.9 Å². The van der Waals surface area contributed by atoms with E-state index in [4.69, 9.17) is 10.2 Å². The smallest absolute Gasteiger partial charge is 0.182 e. The number of furan rings is 1. The Morgan fingerprint density at radius 2 is 2.32 bits per heavy atom. The van der Waals surface area contributed by atoms with Gasteiger partial charge in [0.15, 0.2) is 17.8 Å². The van der Waals surface area contributed by atoms with Crippen molar-refractivity contribution >= 4 is 0 Å². The van der Waals surface area contributed by atoms with Crippen molar-refractivity contribution in [3.63, 3.8) is 0 Å². The Hall–Kier alpha value is -0.910. The van der Waals surface area contributed by atoms with Crippen molar-refractivity contribution in [2.45, 2.75) is 38.3 Å². The number of rotatable bonds is 7.